The number of piperidine rings is 1. The van der Waals surface area contributed by atoms with E-state index in [1.807, 2.05) is 34.1 Å². The zero-order valence-electron chi connectivity index (χ0n) is 24.1. The number of carbonyl (C=O) groups is 3. The fraction of sp³-hybridized carbons (Fsp3) is 0.516. The summed E-state index contributed by atoms with van der Waals surface area (Å²) in [5.41, 5.74) is 0.430. The number of carbonyl (C=O) groups excluding carboxylic acids is 2. The molecule has 5 rings (SSSR count). The second kappa shape index (κ2) is 12.5. The lowest BCUT2D eigenvalue weighted by atomic mass is 9.95. The predicted molar refractivity (Wildman–Crippen MR) is 160 cm³/mol. The second-order valence-corrected chi connectivity index (χ2v) is 12.8. The van der Waals surface area contributed by atoms with E-state index in [0.29, 0.717) is 25.3 Å². The highest BCUT2D eigenvalue weighted by atomic mass is 79.9. The van der Waals surface area contributed by atoms with Crippen molar-refractivity contribution in [2.24, 2.45) is 5.92 Å². The number of rotatable bonds is 8. The standard InChI is InChI=1S/C31H38BrFN4O5/c1-31(2,29(39)34-12-14-35(15-13-34)30(40)41)42-27-17-24(33)16-26(18-27)36-11-3-4-22(20-36)28(38)37(25-9-10-25)19-21-5-7-23(32)8-6-21/h5-8,16-18,22,25H,3-4,9-15,19-20H2,1-2H3,(H,40,41). The summed E-state index contributed by atoms with van der Waals surface area (Å²) in [6, 6.07) is 12.8. The number of ether oxygens (including phenoxy) is 1. The van der Waals surface area contributed by atoms with Gasteiger partial charge in [0.1, 0.15) is 11.6 Å². The van der Waals surface area contributed by atoms with Crippen LogP contribution in [0.25, 0.3) is 0 Å². The molecular weight excluding hydrogens is 607 g/mol. The first-order valence-electron chi connectivity index (χ1n) is 14.6. The van der Waals surface area contributed by atoms with Gasteiger partial charge in [0.05, 0.1) is 5.92 Å². The van der Waals surface area contributed by atoms with E-state index in [1.54, 1.807) is 24.8 Å². The molecule has 3 fully saturated rings. The van der Waals surface area contributed by atoms with E-state index in [4.69, 9.17) is 4.74 Å². The summed E-state index contributed by atoms with van der Waals surface area (Å²) in [7, 11) is 0. The zero-order chi connectivity index (χ0) is 30.0. The second-order valence-electron chi connectivity index (χ2n) is 11.9. The van der Waals surface area contributed by atoms with Crippen molar-refractivity contribution in [3.63, 3.8) is 0 Å². The van der Waals surface area contributed by atoms with Gasteiger partial charge in [0.25, 0.3) is 5.91 Å². The third kappa shape index (κ3) is 7.17. The van der Waals surface area contributed by atoms with Gasteiger partial charge in [-0.2, -0.15) is 0 Å². The van der Waals surface area contributed by atoms with E-state index in [0.717, 1.165) is 35.7 Å². The van der Waals surface area contributed by atoms with Crippen LogP contribution >= 0.6 is 15.9 Å². The minimum absolute atomic E-state index is 0.146. The molecule has 3 aliphatic rings. The lowest BCUT2D eigenvalue weighted by Crippen LogP contribution is -2.56. The van der Waals surface area contributed by atoms with Crippen molar-refractivity contribution < 1.29 is 28.6 Å². The molecule has 1 aliphatic carbocycles. The molecule has 2 saturated heterocycles. The molecule has 0 bridgehead atoms. The molecule has 2 heterocycles. The Hall–Kier alpha value is -3.34. The molecule has 0 spiro atoms. The molecule has 2 aliphatic heterocycles. The van der Waals surface area contributed by atoms with Crippen LogP contribution in [0.1, 0.15) is 45.1 Å². The Labute approximate surface area is 254 Å². The lowest BCUT2D eigenvalue weighted by Gasteiger charge is -2.38. The smallest absolute Gasteiger partial charge is 0.407 e. The highest BCUT2D eigenvalue weighted by Gasteiger charge is 2.39. The summed E-state index contributed by atoms with van der Waals surface area (Å²) >= 11 is 3.47. The molecule has 226 valence electrons. The van der Waals surface area contributed by atoms with E-state index >= 15 is 0 Å². The van der Waals surface area contributed by atoms with Crippen LogP contribution in [0, 0.1) is 11.7 Å². The Kier molecular flexibility index (Phi) is 8.96. The molecule has 1 unspecified atom stereocenters. The Morgan fingerprint density at radius 2 is 1.67 bits per heavy atom. The zero-order valence-corrected chi connectivity index (χ0v) is 25.7. The molecule has 1 atom stereocenters. The third-order valence-electron chi connectivity index (χ3n) is 8.25. The Bertz CT molecular complexity index is 1310. The van der Waals surface area contributed by atoms with Gasteiger partial charge in [-0.25, -0.2) is 9.18 Å². The van der Waals surface area contributed by atoms with E-state index in [2.05, 4.69) is 15.9 Å². The summed E-state index contributed by atoms with van der Waals surface area (Å²) in [4.78, 5) is 45.1. The quantitative estimate of drug-likeness (QED) is 0.436. The molecule has 1 saturated carbocycles. The first-order valence-corrected chi connectivity index (χ1v) is 15.4. The first kappa shape index (κ1) is 30.1. The van der Waals surface area contributed by atoms with E-state index in [9.17, 15) is 23.9 Å². The summed E-state index contributed by atoms with van der Waals surface area (Å²) in [5, 5.41) is 9.18. The fourth-order valence-corrected chi connectivity index (χ4v) is 6.08. The maximum absolute atomic E-state index is 14.9. The summed E-state index contributed by atoms with van der Waals surface area (Å²) in [6.07, 6.45) is 2.64. The van der Waals surface area contributed by atoms with Gasteiger partial charge >= 0.3 is 6.09 Å². The van der Waals surface area contributed by atoms with Gasteiger partial charge in [-0.1, -0.05) is 28.1 Å². The van der Waals surface area contributed by atoms with Gasteiger partial charge in [-0.3, -0.25) is 9.59 Å². The number of halogens is 2. The van der Waals surface area contributed by atoms with Crippen molar-refractivity contribution in [1.29, 1.82) is 0 Å². The van der Waals surface area contributed by atoms with Crippen molar-refractivity contribution in [3.05, 3.63) is 58.3 Å². The van der Waals surface area contributed by atoms with Crippen LogP contribution in [-0.4, -0.2) is 88.6 Å². The van der Waals surface area contributed by atoms with Gasteiger partial charge in [-0.15, -0.1) is 0 Å². The van der Waals surface area contributed by atoms with Crippen LogP contribution in [0.15, 0.2) is 46.9 Å². The molecule has 2 aromatic rings. The van der Waals surface area contributed by atoms with Crippen molar-refractivity contribution in [1.82, 2.24) is 14.7 Å². The van der Waals surface area contributed by atoms with Crippen LogP contribution in [-0.2, 0) is 16.1 Å². The molecule has 2 aromatic carbocycles. The van der Waals surface area contributed by atoms with Crippen LogP contribution in [0.2, 0.25) is 0 Å². The van der Waals surface area contributed by atoms with Crippen molar-refractivity contribution >= 4 is 39.5 Å². The minimum atomic E-state index is -1.28. The number of amides is 3. The molecule has 3 amide bonds. The molecule has 0 radical (unpaired) electrons. The van der Waals surface area contributed by atoms with Gasteiger partial charge in [0.15, 0.2) is 5.60 Å². The normalized spacial score (nSPS) is 19.4. The first-order chi connectivity index (χ1) is 20.0. The van der Waals surface area contributed by atoms with Crippen molar-refractivity contribution in [2.75, 3.05) is 44.2 Å². The Morgan fingerprint density at radius 1 is 1.00 bits per heavy atom. The van der Waals surface area contributed by atoms with Crippen LogP contribution in [0.3, 0.4) is 0 Å². The molecule has 11 heteroatoms. The van der Waals surface area contributed by atoms with Crippen LogP contribution in [0.5, 0.6) is 5.75 Å². The SMILES string of the molecule is CC(C)(Oc1cc(F)cc(N2CCCC(C(=O)N(Cc3ccc(Br)cc3)C3CC3)C2)c1)C(=O)N1CCN(C(=O)O)CC1. The van der Waals surface area contributed by atoms with Gasteiger partial charge in [0, 0.05) is 74.1 Å². The minimum Gasteiger partial charge on any atom is -0.478 e. The fourth-order valence-electron chi connectivity index (χ4n) is 5.82. The molecule has 42 heavy (non-hydrogen) atoms. The average molecular weight is 646 g/mol. The number of hydrogen-bond donors (Lipinski definition) is 1. The lowest BCUT2D eigenvalue weighted by molar-refractivity contribution is -0.147. The predicted octanol–water partition coefficient (Wildman–Crippen LogP) is 4.98. The molecule has 0 aromatic heterocycles. The van der Waals surface area contributed by atoms with E-state index < -0.39 is 17.5 Å². The number of carboxylic acid groups (broad SMARTS) is 1. The van der Waals surface area contributed by atoms with Gasteiger partial charge < -0.3 is 29.4 Å². The van der Waals surface area contributed by atoms with Gasteiger partial charge in [-0.05, 0) is 63.3 Å². The summed E-state index contributed by atoms with van der Waals surface area (Å²) in [5.74, 6) is -0.578. The number of hydrogen-bond acceptors (Lipinski definition) is 5. The third-order valence-corrected chi connectivity index (χ3v) is 8.78. The highest BCUT2D eigenvalue weighted by Crippen LogP contribution is 2.34. The monoisotopic (exact) mass is 644 g/mol. The van der Waals surface area contributed by atoms with E-state index in [-0.39, 0.29) is 55.7 Å². The number of nitrogens with zero attached hydrogens (tertiary/aromatic N) is 4. The summed E-state index contributed by atoms with van der Waals surface area (Å²) in [6.45, 7) is 6.05. The molecular formula is C31H38BrFN4O5. The number of piperazine rings is 1. The van der Waals surface area contributed by atoms with E-state index in [1.165, 1.54) is 17.0 Å². The molecule has 9 nitrogen and oxygen atoms in total. The van der Waals surface area contributed by atoms with Crippen molar-refractivity contribution in [2.45, 2.75) is 57.7 Å². The Balaban J connectivity index is 1.25. The Morgan fingerprint density at radius 3 is 2.31 bits per heavy atom. The maximum atomic E-state index is 14.9. The summed E-state index contributed by atoms with van der Waals surface area (Å²) < 4.78 is 21.9. The topological polar surface area (TPSA) is 93.6 Å². The van der Waals surface area contributed by atoms with Crippen LogP contribution < -0.4 is 9.64 Å². The highest BCUT2D eigenvalue weighted by molar-refractivity contribution is 9.10. The largest absolute Gasteiger partial charge is 0.478 e. The number of anilines is 1. The van der Waals surface area contributed by atoms with Crippen LogP contribution in [0.4, 0.5) is 14.9 Å². The number of benzene rings is 2. The average Bonchev–Trinajstić information content (AvgIpc) is 3.81. The maximum Gasteiger partial charge on any atom is 0.407 e. The van der Waals surface area contributed by atoms with Gasteiger partial charge in [0.2, 0.25) is 5.91 Å². The van der Waals surface area contributed by atoms with Crippen molar-refractivity contribution in [3.8, 4) is 5.75 Å². The molecule has 1 N–H and O–H groups in total.